The van der Waals surface area contributed by atoms with Crippen LogP contribution in [-0.2, 0) is 4.79 Å². The van der Waals surface area contributed by atoms with Gasteiger partial charge in [0.05, 0.1) is 18.8 Å². The minimum atomic E-state index is -0.872. The van der Waals surface area contributed by atoms with Crippen molar-refractivity contribution in [3.8, 4) is 0 Å². The second kappa shape index (κ2) is 35.8. The van der Waals surface area contributed by atoms with E-state index >= 15 is 0 Å². The number of aliphatic hydroxyl groups is 2. The molecular weight excluding hydrogens is 542 g/mol. The molecule has 0 aliphatic heterocycles. The van der Waals surface area contributed by atoms with Gasteiger partial charge >= 0.3 is 0 Å². The number of rotatable bonds is 33. The molecule has 0 fully saturated rings. The Kier molecular flexibility index (Phi) is 34.5. The zero-order valence-corrected chi connectivity index (χ0v) is 29.2. The van der Waals surface area contributed by atoms with Crippen molar-refractivity contribution in [3.05, 3.63) is 48.6 Å². The fourth-order valence-corrected chi connectivity index (χ4v) is 5.32. The molecule has 1 amide bonds. The van der Waals surface area contributed by atoms with Crippen molar-refractivity contribution in [3.63, 3.8) is 0 Å². The molecule has 0 saturated heterocycles. The standard InChI is InChI=1S/C40H73NO3/c1-3-5-7-9-11-13-15-17-19-20-22-23-25-27-29-31-33-35-39(43)38(37-42)41-40(44)36-34-32-30-28-26-24-21-18-16-14-12-10-8-6-4-2/h18-21,25,27,33,35,38-39,42-43H,3-17,22-24,26,28-32,34,36-37H2,1-2H3,(H,41,44)/b20-19+,21-18-,27-25+,35-33+. The van der Waals surface area contributed by atoms with E-state index in [0.717, 1.165) is 51.4 Å². The molecule has 0 aromatic heterocycles. The molecule has 0 saturated carbocycles. The van der Waals surface area contributed by atoms with Crippen LogP contribution in [-0.4, -0.2) is 34.9 Å². The maximum absolute atomic E-state index is 12.3. The van der Waals surface area contributed by atoms with Gasteiger partial charge in [0.1, 0.15) is 0 Å². The van der Waals surface area contributed by atoms with Crippen LogP contribution < -0.4 is 5.32 Å². The summed E-state index contributed by atoms with van der Waals surface area (Å²) >= 11 is 0. The Hall–Kier alpha value is -1.65. The van der Waals surface area contributed by atoms with Gasteiger partial charge in [0.2, 0.25) is 5.91 Å². The Morgan fingerprint density at radius 1 is 0.523 bits per heavy atom. The van der Waals surface area contributed by atoms with Crippen molar-refractivity contribution in [2.24, 2.45) is 0 Å². The lowest BCUT2D eigenvalue weighted by atomic mass is 10.1. The molecule has 2 atom stereocenters. The lowest BCUT2D eigenvalue weighted by Gasteiger charge is -2.19. The average Bonchev–Trinajstić information content (AvgIpc) is 3.03. The van der Waals surface area contributed by atoms with Gasteiger partial charge in [-0.2, -0.15) is 0 Å². The highest BCUT2D eigenvalue weighted by molar-refractivity contribution is 5.76. The molecule has 0 radical (unpaired) electrons. The van der Waals surface area contributed by atoms with Gasteiger partial charge in [-0.25, -0.2) is 0 Å². The van der Waals surface area contributed by atoms with E-state index in [1.54, 1.807) is 6.08 Å². The normalized spacial score (nSPS) is 13.6. The summed E-state index contributed by atoms with van der Waals surface area (Å²) in [6.07, 6.45) is 47.6. The SMILES string of the molecule is CCCCCCCC/C=C\CCCCCCCC(=O)NC(CO)C(O)/C=C/CC/C=C/CC/C=C/CCCCCCCCC. The van der Waals surface area contributed by atoms with Gasteiger partial charge in [-0.3, -0.25) is 4.79 Å². The van der Waals surface area contributed by atoms with E-state index in [-0.39, 0.29) is 12.5 Å². The molecular formula is C40H73NO3. The van der Waals surface area contributed by atoms with Crippen LogP contribution in [0.2, 0.25) is 0 Å². The molecule has 0 aliphatic rings. The second-order valence-electron chi connectivity index (χ2n) is 12.6. The van der Waals surface area contributed by atoms with Gasteiger partial charge < -0.3 is 15.5 Å². The van der Waals surface area contributed by atoms with Crippen LogP contribution in [0.4, 0.5) is 0 Å². The molecule has 44 heavy (non-hydrogen) atoms. The lowest BCUT2D eigenvalue weighted by Crippen LogP contribution is -2.45. The van der Waals surface area contributed by atoms with Crippen LogP contribution in [0.15, 0.2) is 48.6 Å². The molecule has 256 valence electrons. The van der Waals surface area contributed by atoms with E-state index in [9.17, 15) is 15.0 Å². The lowest BCUT2D eigenvalue weighted by molar-refractivity contribution is -0.123. The van der Waals surface area contributed by atoms with Crippen molar-refractivity contribution >= 4 is 5.91 Å². The van der Waals surface area contributed by atoms with E-state index in [1.807, 2.05) is 6.08 Å². The van der Waals surface area contributed by atoms with Crippen LogP contribution in [0.3, 0.4) is 0 Å². The van der Waals surface area contributed by atoms with Crippen molar-refractivity contribution in [1.29, 1.82) is 0 Å². The summed E-state index contributed by atoms with van der Waals surface area (Å²) < 4.78 is 0. The average molecular weight is 616 g/mol. The van der Waals surface area contributed by atoms with Crippen molar-refractivity contribution in [2.45, 2.75) is 193 Å². The number of aliphatic hydroxyl groups excluding tert-OH is 2. The van der Waals surface area contributed by atoms with E-state index in [0.29, 0.717) is 6.42 Å². The summed E-state index contributed by atoms with van der Waals surface area (Å²) in [5.74, 6) is -0.0893. The number of carbonyl (C=O) groups is 1. The predicted molar refractivity (Wildman–Crippen MR) is 193 cm³/mol. The highest BCUT2D eigenvalue weighted by Crippen LogP contribution is 2.11. The Bertz CT molecular complexity index is 711. The number of carbonyl (C=O) groups excluding carboxylic acids is 1. The monoisotopic (exact) mass is 616 g/mol. The minimum Gasteiger partial charge on any atom is -0.394 e. The van der Waals surface area contributed by atoms with E-state index in [1.165, 1.54) is 109 Å². The zero-order chi connectivity index (χ0) is 32.2. The predicted octanol–water partition coefficient (Wildman–Crippen LogP) is 11.2. The largest absolute Gasteiger partial charge is 0.394 e. The van der Waals surface area contributed by atoms with E-state index < -0.39 is 12.1 Å². The van der Waals surface area contributed by atoms with Gasteiger partial charge in [0.25, 0.3) is 0 Å². The summed E-state index contributed by atoms with van der Waals surface area (Å²) in [6.45, 7) is 4.26. The number of hydrogen-bond acceptors (Lipinski definition) is 3. The number of amides is 1. The van der Waals surface area contributed by atoms with Gasteiger partial charge in [0.15, 0.2) is 0 Å². The quantitative estimate of drug-likeness (QED) is 0.0508. The van der Waals surface area contributed by atoms with E-state index in [4.69, 9.17) is 0 Å². The minimum absolute atomic E-state index is 0.0893. The first kappa shape index (κ1) is 42.3. The second-order valence-corrected chi connectivity index (χ2v) is 12.6. The van der Waals surface area contributed by atoms with Crippen molar-refractivity contribution in [1.82, 2.24) is 5.32 Å². The van der Waals surface area contributed by atoms with E-state index in [2.05, 4.69) is 55.6 Å². The first-order valence-electron chi connectivity index (χ1n) is 18.9. The summed E-state index contributed by atoms with van der Waals surface area (Å²) in [7, 11) is 0. The molecule has 0 rings (SSSR count). The molecule has 3 N–H and O–H groups in total. The number of hydrogen-bond donors (Lipinski definition) is 3. The van der Waals surface area contributed by atoms with Gasteiger partial charge in [-0.15, -0.1) is 0 Å². The third-order valence-corrected chi connectivity index (χ3v) is 8.26. The zero-order valence-electron chi connectivity index (χ0n) is 29.2. The summed E-state index contributed by atoms with van der Waals surface area (Å²) in [4.78, 5) is 12.3. The van der Waals surface area contributed by atoms with Crippen LogP contribution in [0.5, 0.6) is 0 Å². The van der Waals surface area contributed by atoms with Crippen LogP contribution in [0, 0.1) is 0 Å². The van der Waals surface area contributed by atoms with Gasteiger partial charge in [-0.05, 0) is 70.6 Å². The highest BCUT2D eigenvalue weighted by atomic mass is 16.3. The first-order valence-corrected chi connectivity index (χ1v) is 18.9. The summed E-state index contributed by atoms with van der Waals surface area (Å²) in [5.41, 5.74) is 0. The highest BCUT2D eigenvalue weighted by Gasteiger charge is 2.17. The van der Waals surface area contributed by atoms with Gasteiger partial charge in [0, 0.05) is 6.42 Å². The van der Waals surface area contributed by atoms with Crippen molar-refractivity contribution in [2.75, 3.05) is 6.61 Å². The number of nitrogens with one attached hydrogen (secondary N) is 1. The van der Waals surface area contributed by atoms with Crippen LogP contribution in [0.25, 0.3) is 0 Å². The fourth-order valence-electron chi connectivity index (χ4n) is 5.32. The Morgan fingerprint density at radius 2 is 0.886 bits per heavy atom. The molecule has 0 heterocycles. The van der Waals surface area contributed by atoms with Crippen molar-refractivity contribution < 1.29 is 15.0 Å². The Balaban J connectivity index is 3.73. The smallest absolute Gasteiger partial charge is 0.220 e. The molecule has 4 heteroatoms. The first-order chi connectivity index (χ1) is 21.7. The van der Waals surface area contributed by atoms with Crippen LogP contribution >= 0.6 is 0 Å². The topological polar surface area (TPSA) is 69.6 Å². The maximum Gasteiger partial charge on any atom is 0.220 e. The van der Waals surface area contributed by atoms with Gasteiger partial charge in [-0.1, -0.05) is 152 Å². The summed E-state index contributed by atoms with van der Waals surface area (Å²) in [6, 6.07) is -0.648. The third-order valence-electron chi connectivity index (χ3n) is 8.26. The third kappa shape index (κ3) is 31.8. The molecule has 4 nitrogen and oxygen atoms in total. The Morgan fingerprint density at radius 3 is 1.32 bits per heavy atom. The molecule has 0 aromatic carbocycles. The maximum atomic E-state index is 12.3. The molecule has 2 unspecified atom stereocenters. The number of allylic oxidation sites excluding steroid dienone is 7. The molecule has 0 bridgehead atoms. The molecule has 0 spiro atoms. The summed E-state index contributed by atoms with van der Waals surface area (Å²) in [5, 5.41) is 22.9. The molecule has 0 aromatic rings. The van der Waals surface area contributed by atoms with Crippen LogP contribution in [0.1, 0.15) is 181 Å². The number of unbranched alkanes of at least 4 members (excludes halogenated alkanes) is 20. The molecule has 0 aliphatic carbocycles. The Labute approximate surface area is 274 Å². The fraction of sp³-hybridized carbons (Fsp3) is 0.775.